The van der Waals surface area contributed by atoms with Crippen LogP contribution in [-0.2, 0) is 11.2 Å². The van der Waals surface area contributed by atoms with Crippen molar-refractivity contribution in [2.45, 2.75) is 52.0 Å². The summed E-state index contributed by atoms with van der Waals surface area (Å²) in [7, 11) is 1.76. The minimum Gasteiger partial charge on any atom is -0.384 e. The molecule has 1 aromatic carbocycles. The van der Waals surface area contributed by atoms with E-state index in [1.807, 2.05) is 0 Å². The smallest absolute Gasteiger partial charge is 0.0502 e. The summed E-state index contributed by atoms with van der Waals surface area (Å²) in [6.45, 7) is 6.49. The third-order valence-electron chi connectivity index (χ3n) is 4.76. The molecule has 0 radical (unpaired) electrons. The van der Waals surface area contributed by atoms with Crippen molar-refractivity contribution in [3.8, 4) is 0 Å². The van der Waals surface area contributed by atoms with Crippen LogP contribution >= 0.6 is 0 Å². The molecule has 0 heterocycles. The Morgan fingerprint density at radius 2 is 1.85 bits per heavy atom. The van der Waals surface area contributed by atoms with Gasteiger partial charge in [0.1, 0.15) is 0 Å². The maximum absolute atomic E-state index is 5.15. The van der Waals surface area contributed by atoms with E-state index in [2.05, 4.69) is 43.4 Å². The molecule has 0 bridgehead atoms. The quantitative estimate of drug-likeness (QED) is 0.808. The number of hydrogen-bond acceptors (Lipinski definition) is 2. The third kappa shape index (κ3) is 3.62. The number of rotatable bonds is 7. The summed E-state index contributed by atoms with van der Waals surface area (Å²) in [4.78, 5) is 0. The van der Waals surface area contributed by atoms with Crippen LogP contribution in [0.15, 0.2) is 24.3 Å². The lowest BCUT2D eigenvalue weighted by atomic mass is 9.77. The molecule has 1 aliphatic carbocycles. The lowest BCUT2D eigenvalue weighted by molar-refractivity contribution is 0.202. The van der Waals surface area contributed by atoms with Gasteiger partial charge in [-0.25, -0.2) is 0 Å². The van der Waals surface area contributed by atoms with Crippen LogP contribution in [0.5, 0.6) is 0 Å². The molecule has 1 saturated carbocycles. The van der Waals surface area contributed by atoms with Gasteiger partial charge in [-0.3, -0.25) is 0 Å². The first-order chi connectivity index (χ1) is 9.69. The number of ether oxygens (including phenoxy) is 1. The maximum Gasteiger partial charge on any atom is 0.0502 e. The molecule has 1 atom stereocenters. The van der Waals surface area contributed by atoms with Crippen molar-refractivity contribution in [2.24, 2.45) is 5.41 Å². The average Bonchev–Trinajstić information content (AvgIpc) is 2.91. The third-order valence-corrected chi connectivity index (χ3v) is 4.76. The van der Waals surface area contributed by atoms with E-state index in [1.165, 1.54) is 36.8 Å². The summed E-state index contributed by atoms with van der Waals surface area (Å²) < 4.78 is 5.15. The highest BCUT2D eigenvalue weighted by Gasteiger charge is 2.37. The summed E-state index contributed by atoms with van der Waals surface area (Å²) in [5, 5.41) is 3.72. The van der Waals surface area contributed by atoms with Crippen LogP contribution in [0.1, 0.15) is 56.7 Å². The lowest BCUT2D eigenvalue weighted by Gasteiger charge is -2.35. The molecule has 1 aliphatic rings. The van der Waals surface area contributed by atoms with Crippen LogP contribution in [0.25, 0.3) is 0 Å². The predicted molar refractivity (Wildman–Crippen MR) is 85.0 cm³/mol. The van der Waals surface area contributed by atoms with Gasteiger partial charge in [-0.1, -0.05) is 51.0 Å². The first-order valence-electron chi connectivity index (χ1n) is 8.01. The van der Waals surface area contributed by atoms with Crippen molar-refractivity contribution in [3.05, 3.63) is 35.4 Å². The standard InChI is InChI=1S/C18H29NO/c1-4-19-17(18(2)12-5-6-13-18)16-9-7-15(8-10-16)11-14-20-3/h7-10,17,19H,4-6,11-14H2,1-3H3. The molecular formula is C18H29NO. The summed E-state index contributed by atoms with van der Waals surface area (Å²) >= 11 is 0. The van der Waals surface area contributed by atoms with Gasteiger partial charge in [-0.2, -0.15) is 0 Å². The van der Waals surface area contributed by atoms with Crippen LogP contribution < -0.4 is 5.32 Å². The Morgan fingerprint density at radius 3 is 2.40 bits per heavy atom. The van der Waals surface area contributed by atoms with Gasteiger partial charge >= 0.3 is 0 Å². The van der Waals surface area contributed by atoms with Crippen LogP contribution in [0.2, 0.25) is 0 Å². The van der Waals surface area contributed by atoms with E-state index in [1.54, 1.807) is 7.11 Å². The minimum atomic E-state index is 0.421. The Morgan fingerprint density at radius 1 is 1.20 bits per heavy atom. The van der Waals surface area contributed by atoms with Gasteiger partial charge < -0.3 is 10.1 Å². The zero-order chi connectivity index (χ0) is 14.4. The molecule has 1 aromatic rings. The Balaban J connectivity index is 2.12. The molecule has 1 N–H and O–H groups in total. The fourth-order valence-electron chi connectivity index (χ4n) is 3.54. The fourth-order valence-corrected chi connectivity index (χ4v) is 3.54. The van der Waals surface area contributed by atoms with E-state index in [9.17, 15) is 0 Å². The van der Waals surface area contributed by atoms with Crippen molar-refractivity contribution in [3.63, 3.8) is 0 Å². The second kappa shape index (κ2) is 7.24. The van der Waals surface area contributed by atoms with Gasteiger partial charge in [0, 0.05) is 13.2 Å². The Kier molecular flexibility index (Phi) is 5.62. The second-order valence-corrected chi connectivity index (χ2v) is 6.34. The van der Waals surface area contributed by atoms with E-state index in [0.29, 0.717) is 11.5 Å². The van der Waals surface area contributed by atoms with Gasteiger partial charge in [0.25, 0.3) is 0 Å². The molecule has 0 spiro atoms. The van der Waals surface area contributed by atoms with Gasteiger partial charge in [-0.05, 0) is 42.3 Å². The molecule has 2 rings (SSSR count). The van der Waals surface area contributed by atoms with E-state index >= 15 is 0 Å². The second-order valence-electron chi connectivity index (χ2n) is 6.34. The van der Waals surface area contributed by atoms with Gasteiger partial charge in [-0.15, -0.1) is 0 Å². The Labute approximate surface area is 123 Å². The van der Waals surface area contributed by atoms with Crippen molar-refractivity contribution in [2.75, 3.05) is 20.3 Å². The molecule has 0 aliphatic heterocycles. The highest BCUT2D eigenvalue weighted by atomic mass is 16.5. The normalized spacial score (nSPS) is 19.1. The van der Waals surface area contributed by atoms with Gasteiger partial charge in [0.2, 0.25) is 0 Å². The zero-order valence-corrected chi connectivity index (χ0v) is 13.2. The van der Waals surface area contributed by atoms with Gasteiger partial charge in [0.05, 0.1) is 6.61 Å². The first-order valence-corrected chi connectivity index (χ1v) is 8.01. The molecule has 2 heteroatoms. The van der Waals surface area contributed by atoms with Crippen LogP contribution in [0.4, 0.5) is 0 Å². The van der Waals surface area contributed by atoms with E-state index in [-0.39, 0.29) is 0 Å². The molecule has 112 valence electrons. The number of benzene rings is 1. The lowest BCUT2D eigenvalue weighted by Crippen LogP contribution is -2.34. The molecule has 0 aromatic heterocycles. The predicted octanol–water partition coefficient (Wildman–Crippen LogP) is 4.11. The monoisotopic (exact) mass is 275 g/mol. The Bertz CT molecular complexity index is 392. The van der Waals surface area contributed by atoms with E-state index in [4.69, 9.17) is 4.74 Å². The topological polar surface area (TPSA) is 21.3 Å². The molecule has 2 nitrogen and oxygen atoms in total. The zero-order valence-electron chi connectivity index (χ0n) is 13.2. The van der Waals surface area contributed by atoms with Crippen LogP contribution in [0, 0.1) is 5.41 Å². The van der Waals surface area contributed by atoms with Gasteiger partial charge in [0.15, 0.2) is 0 Å². The van der Waals surface area contributed by atoms with Crippen molar-refractivity contribution >= 4 is 0 Å². The highest BCUT2D eigenvalue weighted by Crippen LogP contribution is 2.47. The summed E-state index contributed by atoms with van der Waals surface area (Å²) in [5.74, 6) is 0. The fraction of sp³-hybridized carbons (Fsp3) is 0.667. The largest absolute Gasteiger partial charge is 0.384 e. The molecule has 0 amide bonds. The summed E-state index contributed by atoms with van der Waals surface area (Å²) in [6, 6.07) is 9.63. The minimum absolute atomic E-state index is 0.421. The molecule has 1 unspecified atom stereocenters. The van der Waals surface area contributed by atoms with Crippen LogP contribution in [0.3, 0.4) is 0 Å². The molecule has 20 heavy (non-hydrogen) atoms. The highest BCUT2D eigenvalue weighted by molar-refractivity contribution is 5.27. The summed E-state index contributed by atoms with van der Waals surface area (Å²) in [6.07, 6.45) is 6.45. The van der Waals surface area contributed by atoms with E-state index in [0.717, 1.165) is 19.6 Å². The number of methoxy groups -OCH3 is 1. The maximum atomic E-state index is 5.15. The molecular weight excluding hydrogens is 246 g/mol. The number of hydrogen-bond donors (Lipinski definition) is 1. The first kappa shape index (κ1) is 15.5. The van der Waals surface area contributed by atoms with Crippen molar-refractivity contribution in [1.82, 2.24) is 5.32 Å². The SMILES string of the molecule is CCNC(c1ccc(CCOC)cc1)C1(C)CCCC1. The van der Waals surface area contributed by atoms with Crippen LogP contribution in [-0.4, -0.2) is 20.3 Å². The van der Waals surface area contributed by atoms with Crippen molar-refractivity contribution in [1.29, 1.82) is 0 Å². The van der Waals surface area contributed by atoms with E-state index < -0.39 is 0 Å². The molecule has 1 fully saturated rings. The summed E-state index contributed by atoms with van der Waals surface area (Å²) in [5.41, 5.74) is 3.23. The number of nitrogens with one attached hydrogen (secondary N) is 1. The molecule has 0 saturated heterocycles. The average molecular weight is 275 g/mol. The van der Waals surface area contributed by atoms with Crippen molar-refractivity contribution < 1.29 is 4.74 Å². The Hall–Kier alpha value is -0.860.